The Balaban J connectivity index is 1.79. The highest BCUT2D eigenvalue weighted by Gasteiger charge is 2.39. The summed E-state index contributed by atoms with van der Waals surface area (Å²) in [4.78, 5) is 0.291. The lowest BCUT2D eigenvalue weighted by atomic mass is 9.77. The van der Waals surface area contributed by atoms with Crippen molar-refractivity contribution < 1.29 is 18.3 Å². The summed E-state index contributed by atoms with van der Waals surface area (Å²) in [6.45, 7) is 0. The van der Waals surface area contributed by atoms with E-state index in [1.807, 2.05) is 18.2 Å². The Kier molecular flexibility index (Phi) is 4.59. The molecular weight excluding hydrogens is 376 g/mol. The average Bonchev–Trinajstić information content (AvgIpc) is 3.17. The largest absolute Gasteiger partial charge is 0.504 e. The number of para-hydroxylation sites is 1. The van der Waals surface area contributed by atoms with Gasteiger partial charge in [-0.25, -0.2) is 12.7 Å². The van der Waals surface area contributed by atoms with Gasteiger partial charge in [0.15, 0.2) is 11.5 Å². The van der Waals surface area contributed by atoms with Gasteiger partial charge in [-0.15, -0.1) is 0 Å². The zero-order valence-corrected chi connectivity index (χ0v) is 16.9. The highest BCUT2D eigenvalue weighted by Crippen LogP contribution is 2.52. The molecule has 0 bridgehead atoms. The lowest BCUT2D eigenvalue weighted by molar-refractivity contribution is 0.358. The average molecular weight is 401 g/mol. The number of fused-ring (bicyclic) bond motifs is 3. The van der Waals surface area contributed by atoms with Crippen LogP contribution in [0.25, 0.3) is 0 Å². The molecule has 0 saturated carbocycles. The predicted octanol–water partition coefficient (Wildman–Crippen LogP) is 3.48. The molecule has 1 heterocycles. The molecule has 1 aliphatic carbocycles. The third-order valence-electron chi connectivity index (χ3n) is 5.70. The number of methoxy groups -OCH3 is 1. The van der Waals surface area contributed by atoms with Crippen molar-refractivity contribution in [3.63, 3.8) is 0 Å². The Morgan fingerprint density at radius 1 is 1.18 bits per heavy atom. The van der Waals surface area contributed by atoms with E-state index in [0.29, 0.717) is 10.6 Å². The molecule has 2 aromatic carbocycles. The summed E-state index contributed by atoms with van der Waals surface area (Å²) in [7, 11) is 1.11. The van der Waals surface area contributed by atoms with Gasteiger partial charge in [-0.1, -0.05) is 24.3 Å². The third kappa shape index (κ3) is 2.86. The van der Waals surface area contributed by atoms with Crippen molar-refractivity contribution in [2.75, 3.05) is 26.5 Å². The van der Waals surface area contributed by atoms with Gasteiger partial charge < -0.3 is 15.2 Å². The molecule has 2 aromatic rings. The summed E-state index contributed by atoms with van der Waals surface area (Å²) < 4.78 is 31.6. The van der Waals surface area contributed by atoms with E-state index in [0.717, 1.165) is 23.2 Å². The number of aromatic hydroxyl groups is 1. The van der Waals surface area contributed by atoms with Gasteiger partial charge in [0.05, 0.1) is 18.0 Å². The van der Waals surface area contributed by atoms with E-state index in [2.05, 4.69) is 17.5 Å². The van der Waals surface area contributed by atoms with Crippen molar-refractivity contribution in [1.29, 1.82) is 0 Å². The number of phenolic OH excluding ortho intramolecular Hbond substituents is 1. The second-order valence-corrected chi connectivity index (χ2v) is 9.56. The van der Waals surface area contributed by atoms with Crippen LogP contribution in [0.4, 0.5) is 5.69 Å². The van der Waals surface area contributed by atoms with Gasteiger partial charge in [-0.3, -0.25) is 0 Å². The number of sulfonamides is 1. The molecule has 0 saturated heterocycles. The van der Waals surface area contributed by atoms with Crippen LogP contribution in [0.3, 0.4) is 0 Å². The van der Waals surface area contributed by atoms with Crippen molar-refractivity contribution >= 4 is 15.7 Å². The molecule has 0 fully saturated rings. The first kappa shape index (κ1) is 18.8. The third-order valence-corrected chi connectivity index (χ3v) is 7.51. The molecule has 28 heavy (non-hydrogen) atoms. The SMILES string of the molecule is COc1cccc(C2Nc3ccc(S(=O)(=O)N(C)C)cc3C3C=CCC32)c1O. The molecule has 0 aromatic heterocycles. The highest BCUT2D eigenvalue weighted by molar-refractivity contribution is 7.89. The van der Waals surface area contributed by atoms with Crippen LogP contribution in [0.1, 0.15) is 29.5 Å². The van der Waals surface area contributed by atoms with E-state index >= 15 is 0 Å². The molecule has 2 N–H and O–H groups in total. The van der Waals surface area contributed by atoms with Crippen LogP contribution in [0.15, 0.2) is 53.4 Å². The van der Waals surface area contributed by atoms with Gasteiger partial charge in [-0.05, 0) is 42.2 Å². The maximum atomic E-state index is 12.6. The molecule has 0 radical (unpaired) electrons. The Hall–Kier alpha value is -2.51. The van der Waals surface area contributed by atoms with Crippen LogP contribution in [0.5, 0.6) is 11.5 Å². The van der Waals surface area contributed by atoms with Crippen LogP contribution in [0.2, 0.25) is 0 Å². The van der Waals surface area contributed by atoms with Crippen LogP contribution in [-0.4, -0.2) is 39.0 Å². The van der Waals surface area contributed by atoms with E-state index in [-0.39, 0.29) is 23.6 Å². The fourth-order valence-corrected chi connectivity index (χ4v) is 5.14. The Morgan fingerprint density at radius 3 is 2.68 bits per heavy atom. The van der Waals surface area contributed by atoms with E-state index in [9.17, 15) is 13.5 Å². The summed E-state index contributed by atoms with van der Waals surface area (Å²) in [6, 6.07) is 10.6. The Labute approximate surface area is 165 Å². The van der Waals surface area contributed by atoms with Gasteiger partial charge in [-0.2, -0.15) is 0 Å². The monoisotopic (exact) mass is 400 g/mol. The smallest absolute Gasteiger partial charge is 0.242 e. The second-order valence-electron chi connectivity index (χ2n) is 7.41. The summed E-state index contributed by atoms with van der Waals surface area (Å²) in [5, 5.41) is 14.2. The molecule has 1 aliphatic heterocycles. The standard InChI is InChI=1S/C21H24N2O4S/c1-23(2)28(25,26)13-10-11-18-17(12-13)14-6-4-7-15(14)20(22-18)16-8-5-9-19(27-3)21(16)24/h4-6,8-12,14-15,20,22,24H,7H2,1-3H3. The first-order valence-corrected chi connectivity index (χ1v) is 10.6. The second kappa shape index (κ2) is 6.83. The van der Waals surface area contributed by atoms with Gasteiger partial charge in [0, 0.05) is 31.3 Å². The minimum absolute atomic E-state index is 0.0872. The van der Waals surface area contributed by atoms with E-state index < -0.39 is 10.0 Å². The van der Waals surface area contributed by atoms with Crippen molar-refractivity contribution in [3.05, 3.63) is 59.7 Å². The Bertz CT molecular complexity index is 1050. The van der Waals surface area contributed by atoms with Crippen molar-refractivity contribution in [2.24, 2.45) is 5.92 Å². The molecule has 2 aliphatic rings. The number of nitrogens with zero attached hydrogens (tertiary/aromatic N) is 1. The molecule has 148 valence electrons. The summed E-state index contributed by atoms with van der Waals surface area (Å²) >= 11 is 0. The molecule has 0 spiro atoms. The number of rotatable bonds is 4. The van der Waals surface area contributed by atoms with Gasteiger partial charge in [0.25, 0.3) is 0 Å². The van der Waals surface area contributed by atoms with Gasteiger partial charge in [0.1, 0.15) is 0 Å². The summed E-state index contributed by atoms with van der Waals surface area (Å²) in [5.74, 6) is 0.857. The molecule has 3 unspecified atom stereocenters. The van der Waals surface area contributed by atoms with Crippen LogP contribution >= 0.6 is 0 Å². The zero-order valence-electron chi connectivity index (χ0n) is 16.1. The fourth-order valence-electron chi connectivity index (χ4n) is 4.21. The maximum absolute atomic E-state index is 12.6. The predicted molar refractivity (Wildman–Crippen MR) is 108 cm³/mol. The van der Waals surface area contributed by atoms with Gasteiger partial charge in [0.2, 0.25) is 10.0 Å². The maximum Gasteiger partial charge on any atom is 0.242 e. The molecular formula is C21H24N2O4S. The number of hydrogen-bond acceptors (Lipinski definition) is 5. The summed E-state index contributed by atoms with van der Waals surface area (Å²) in [6.07, 6.45) is 5.12. The molecule has 3 atom stereocenters. The normalized spacial score (nSPS) is 23.2. The number of nitrogens with one attached hydrogen (secondary N) is 1. The topological polar surface area (TPSA) is 78.9 Å². The number of hydrogen-bond donors (Lipinski definition) is 2. The highest BCUT2D eigenvalue weighted by atomic mass is 32.2. The van der Waals surface area contributed by atoms with E-state index in [1.54, 1.807) is 18.2 Å². The van der Waals surface area contributed by atoms with E-state index in [1.165, 1.54) is 25.5 Å². The quantitative estimate of drug-likeness (QED) is 0.769. The minimum Gasteiger partial charge on any atom is -0.504 e. The number of anilines is 1. The van der Waals surface area contributed by atoms with Crippen LogP contribution < -0.4 is 10.1 Å². The van der Waals surface area contributed by atoms with Crippen molar-refractivity contribution in [3.8, 4) is 11.5 Å². The number of allylic oxidation sites excluding steroid dienone is 2. The van der Waals surface area contributed by atoms with Crippen LogP contribution in [0, 0.1) is 5.92 Å². The van der Waals surface area contributed by atoms with Gasteiger partial charge >= 0.3 is 0 Å². The minimum atomic E-state index is -3.50. The fraction of sp³-hybridized carbons (Fsp3) is 0.333. The number of phenols is 1. The lowest BCUT2D eigenvalue weighted by Crippen LogP contribution is -2.30. The lowest BCUT2D eigenvalue weighted by Gasteiger charge is -2.38. The zero-order chi connectivity index (χ0) is 20.1. The number of benzene rings is 2. The molecule has 4 rings (SSSR count). The van der Waals surface area contributed by atoms with E-state index in [4.69, 9.17) is 4.74 Å². The molecule has 7 heteroatoms. The Morgan fingerprint density at radius 2 is 1.96 bits per heavy atom. The molecule has 6 nitrogen and oxygen atoms in total. The first-order chi connectivity index (χ1) is 13.3. The molecule has 0 amide bonds. The van der Waals surface area contributed by atoms with Crippen LogP contribution in [-0.2, 0) is 10.0 Å². The van der Waals surface area contributed by atoms with Crippen molar-refractivity contribution in [2.45, 2.75) is 23.3 Å². The first-order valence-electron chi connectivity index (χ1n) is 9.20. The summed E-state index contributed by atoms with van der Waals surface area (Å²) in [5.41, 5.74) is 2.65. The number of ether oxygens (including phenoxy) is 1. The van der Waals surface area contributed by atoms with Crippen molar-refractivity contribution in [1.82, 2.24) is 4.31 Å².